The smallest absolute Gasteiger partial charge is 0.0633 e. The summed E-state index contributed by atoms with van der Waals surface area (Å²) in [5, 5.41) is 11.8. The lowest BCUT2D eigenvalue weighted by atomic mass is 10.1. The number of benzene rings is 2. The van der Waals surface area contributed by atoms with Crippen LogP contribution in [0.5, 0.6) is 0 Å². The van der Waals surface area contributed by atoms with Crippen molar-refractivity contribution in [3.8, 4) is 0 Å². The van der Waals surface area contributed by atoms with Crippen LogP contribution in [0, 0.1) is 0 Å². The van der Waals surface area contributed by atoms with Crippen molar-refractivity contribution >= 4 is 5.69 Å². The predicted octanol–water partition coefficient (Wildman–Crippen LogP) is 4.02. The minimum absolute atomic E-state index is 0.459. The zero-order valence-corrected chi connectivity index (χ0v) is 12.4. The lowest BCUT2D eigenvalue weighted by molar-refractivity contribution is 0.388. The van der Waals surface area contributed by atoms with Crippen LogP contribution in [0.2, 0.25) is 0 Å². The molecule has 1 atom stereocenters. The fourth-order valence-corrected chi connectivity index (χ4v) is 1.85. The summed E-state index contributed by atoms with van der Waals surface area (Å²) in [7, 11) is 1.97. The Bertz CT molecular complexity index is 462. The highest BCUT2D eigenvalue weighted by atomic mass is 16.5. The highest BCUT2D eigenvalue weighted by Crippen LogP contribution is 2.13. The molecule has 0 aliphatic rings. The molecule has 0 bridgehead atoms. The molecule has 0 saturated heterocycles. The summed E-state index contributed by atoms with van der Waals surface area (Å²) in [6.07, 6.45) is 0.934. The zero-order valence-electron chi connectivity index (χ0n) is 12.4. The molecule has 3 nitrogen and oxygen atoms in total. The first-order valence-electron chi connectivity index (χ1n) is 6.93. The molecule has 0 aliphatic carbocycles. The van der Waals surface area contributed by atoms with Crippen molar-refractivity contribution in [2.75, 3.05) is 12.5 Å². The molecule has 2 aromatic rings. The van der Waals surface area contributed by atoms with Crippen LogP contribution in [0.4, 0.5) is 5.69 Å². The third-order valence-corrected chi connectivity index (χ3v) is 3.25. The average Bonchev–Trinajstić information content (AvgIpc) is 2.55. The Morgan fingerprint density at radius 2 is 1.60 bits per heavy atom. The predicted molar refractivity (Wildman–Crippen MR) is 85.1 cm³/mol. The van der Waals surface area contributed by atoms with Crippen LogP contribution in [-0.2, 0) is 6.42 Å². The summed E-state index contributed by atoms with van der Waals surface area (Å²) in [6, 6.07) is 18.5. The number of aryl methyl sites for hydroxylation is 1. The standard InChI is InChI=1S/C9H13N.C8H11NO/c1-8(10-2)9-6-4-3-5-7-9;1-2-7-5-3-4-6-8(7)9-10/h3-8,10H,1-2H3;3-6,9-10H,2H2,1H3. The van der Waals surface area contributed by atoms with Gasteiger partial charge in [-0.25, -0.2) is 0 Å². The van der Waals surface area contributed by atoms with E-state index < -0.39 is 0 Å². The highest BCUT2D eigenvalue weighted by Gasteiger charge is 1.98. The van der Waals surface area contributed by atoms with E-state index >= 15 is 0 Å². The molecule has 0 amide bonds. The first kappa shape index (κ1) is 16.2. The summed E-state index contributed by atoms with van der Waals surface area (Å²) >= 11 is 0. The molecule has 0 saturated carbocycles. The van der Waals surface area contributed by atoms with E-state index in [1.807, 2.05) is 37.4 Å². The number of rotatable bonds is 4. The van der Waals surface area contributed by atoms with Crippen molar-refractivity contribution in [2.45, 2.75) is 26.3 Å². The van der Waals surface area contributed by atoms with E-state index in [2.05, 4.69) is 48.9 Å². The second-order valence-electron chi connectivity index (χ2n) is 4.54. The van der Waals surface area contributed by atoms with E-state index in [1.165, 1.54) is 5.56 Å². The molecule has 1 unspecified atom stereocenters. The van der Waals surface area contributed by atoms with Crippen molar-refractivity contribution in [1.29, 1.82) is 0 Å². The van der Waals surface area contributed by atoms with Crippen molar-refractivity contribution in [2.24, 2.45) is 0 Å². The van der Waals surface area contributed by atoms with Gasteiger partial charge in [0.1, 0.15) is 0 Å². The summed E-state index contributed by atoms with van der Waals surface area (Å²) in [4.78, 5) is 0. The molecule has 3 heteroatoms. The van der Waals surface area contributed by atoms with Crippen LogP contribution in [0.3, 0.4) is 0 Å². The van der Waals surface area contributed by atoms with E-state index in [1.54, 1.807) is 0 Å². The average molecular weight is 272 g/mol. The minimum Gasteiger partial charge on any atom is -0.313 e. The minimum atomic E-state index is 0.459. The van der Waals surface area contributed by atoms with Gasteiger partial charge in [0.25, 0.3) is 0 Å². The third-order valence-electron chi connectivity index (χ3n) is 3.25. The molecule has 0 aliphatic heterocycles. The molecular formula is C17H24N2O. The fraction of sp³-hybridized carbons (Fsp3) is 0.294. The third kappa shape index (κ3) is 5.03. The van der Waals surface area contributed by atoms with Crippen LogP contribution >= 0.6 is 0 Å². The Hall–Kier alpha value is -1.84. The molecule has 0 aromatic heterocycles. The van der Waals surface area contributed by atoms with Gasteiger partial charge in [-0.1, -0.05) is 55.5 Å². The highest BCUT2D eigenvalue weighted by molar-refractivity contribution is 5.48. The Kier molecular flexibility index (Phi) is 7.40. The quantitative estimate of drug-likeness (QED) is 0.737. The van der Waals surface area contributed by atoms with Gasteiger partial charge >= 0.3 is 0 Å². The Labute approximate surface area is 121 Å². The SMILES string of the molecule is CCc1ccccc1NO.CNC(C)c1ccccc1. The first-order chi connectivity index (χ1) is 9.72. The van der Waals surface area contributed by atoms with Gasteiger partial charge in [0.2, 0.25) is 0 Å². The number of anilines is 1. The van der Waals surface area contributed by atoms with Crippen molar-refractivity contribution < 1.29 is 5.21 Å². The number of nitrogens with one attached hydrogen (secondary N) is 2. The summed E-state index contributed by atoms with van der Waals surface area (Å²) < 4.78 is 0. The number of hydrogen-bond acceptors (Lipinski definition) is 3. The maximum absolute atomic E-state index is 8.60. The van der Waals surface area contributed by atoms with E-state index in [0.717, 1.165) is 17.7 Å². The molecule has 108 valence electrons. The molecule has 0 heterocycles. The van der Waals surface area contributed by atoms with E-state index in [-0.39, 0.29) is 0 Å². The summed E-state index contributed by atoms with van der Waals surface area (Å²) in [6.45, 7) is 4.20. The maximum Gasteiger partial charge on any atom is 0.0633 e. The van der Waals surface area contributed by atoms with Gasteiger partial charge in [-0.3, -0.25) is 10.7 Å². The zero-order chi connectivity index (χ0) is 14.8. The molecule has 0 radical (unpaired) electrons. The molecular weight excluding hydrogens is 248 g/mol. The first-order valence-corrected chi connectivity index (χ1v) is 6.93. The Morgan fingerprint density at radius 3 is 2.10 bits per heavy atom. The van der Waals surface area contributed by atoms with Gasteiger partial charge in [0, 0.05) is 6.04 Å². The molecule has 20 heavy (non-hydrogen) atoms. The van der Waals surface area contributed by atoms with Crippen molar-refractivity contribution in [3.05, 3.63) is 65.7 Å². The van der Waals surface area contributed by atoms with Gasteiger partial charge in [-0.05, 0) is 37.6 Å². The van der Waals surface area contributed by atoms with Gasteiger partial charge in [0.15, 0.2) is 0 Å². The van der Waals surface area contributed by atoms with Crippen LogP contribution in [0.15, 0.2) is 54.6 Å². The van der Waals surface area contributed by atoms with Crippen molar-refractivity contribution in [3.63, 3.8) is 0 Å². The lowest BCUT2D eigenvalue weighted by Gasteiger charge is -2.08. The van der Waals surface area contributed by atoms with Gasteiger partial charge < -0.3 is 5.32 Å². The van der Waals surface area contributed by atoms with Crippen LogP contribution in [0.1, 0.15) is 31.0 Å². The largest absolute Gasteiger partial charge is 0.313 e. The van der Waals surface area contributed by atoms with Crippen LogP contribution < -0.4 is 10.8 Å². The molecule has 2 aromatic carbocycles. The Balaban J connectivity index is 0.000000200. The molecule has 3 N–H and O–H groups in total. The number of hydrogen-bond donors (Lipinski definition) is 3. The summed E-state index contributed by atoms with van der Waals surface area (Å²) in [5.74, 6) is 0. The monoisotopic (exact) mass is 272 g/mol. The number of para-hydroxylation sites is 1. The molecule has 2 rings (SSSR count). The van der Waals surface area contributed by atoms with Gasteiger partial charge in [-0.2, -0.15) is 0 Å². The van der Waals surface area contributed by atoms with Crippen LogP contribution in [-0.4, -0.2) is 12.3 Å². The van der Waals surface area contributed by atoms with E-state index in [0.29, 0.717) is 6.04 Å². The second-order valence-corrected chi connectivity index (χ2v) is 4.54. The van der Waals surface area contributed by atoms with Crippen LogP contribution in [0.25, 0.3) is 0 Å². The van der Waals surface area contributed by atoms with Crippen molar-refractivity contribution in [1.82, 2.24) is 5.32 Å². The summed E-state index contributed by atoms with van der Waals surface area (Å²) in [5.41, 5.74) is 5.41. The molecule has 0 spiro atoms. The van der Waals surface area contributed by atoms with Gasteiger partial charge in [-0.15, -0.1) is 0 Å². The maximum atomic E-state index is 8.60. The normalized spacial score (nSPS) is 11.2. The lowest BCUT2D eigenvalue weighted by Crippen LogP contribution is -2.11. The van der Waals surface area contributed by atoms with E-state index in [9.17, 15) is 0 Å². The van der Waals surface area contributed by atoms with E-state index in [4.69, 9.17) is 5.21 Å². The topological polar surface area (TPSA) is 44.3 Å². The second kappa shape index (κ2) is 9.13. The fourth-order valence-electron chi connectivity index (χ4n) is 1.85. The molecule has 0 fully saturated rings. The Morgan fingerprint density at radius 1 is 1.00 bits per heavy atom. The van der Waals surface area contributed by atoms with Gasteiger partial charge in [0.05, 0.1) is 5.69 Å².